The van der Waals surface area contributed by atoms with Gasteiger partial charge in [0.25, 0.3) is 0 Å². The molecule has 0 saturated carbocycles. The Kier molecular flexibility index (Phi) is 5.11. The standard InChI is InChI=1S/C22H19N5O/c1-28-20-12-6-5-11-19(20)22-17(15-24-25-21-13-7-8-14-23-21)16-27(26-22)18-9-3-2-4-10-18/h2-16H,1H3,(H,23,25)/b24-15-. The van der Waals surface area contributed by atoms with Crippen molar-refractivity contribution in [1.82, 2.24) is 14.8 Å². The average molecular weight is 369 g/mol. The van der Waals surface area contributed by atoms with E-state index in [1.807, 2.05) is 83.7 Å². The first kappa shape index (κ1) is 17.5. The van der Waals surface area contributed by atoms with Crippen LogP contribution in [0.4, 0.5) is 5.82 Å². The van der Waals surface area contributed by atoms with Crippen LogP contribution in [0.2, 0.25) is 0 Å². The quantitative estimate of drug-likeness (QED) is 0.404. The summed E-state index contributed by atoms with van der Waals surface area (Å²) in [5.74, 6) is 1.43. The lowest BCUT2D eigenvalue weighted by Crippen LogP contribution is -1.95. The van der Waals surface area contributed by atoms with Gasteiger partial charge in [-0.25, -0.2) is 9.67 Å². The summed E-state index contributed by atoms with van der Waals surface area (Å²) >= 11 is 0. The average Bonchev–Trinajstić information content (AvgIpc) is 3.19. The highest BCUT2D eigenvalue weighted by atomic mass is 16.5. The van der Waals surface area contributed by atoms with E-state index in [0.29, 0.717) is 5.82 Å². The van der Waals surface area contributed by atoms with E-state index in [1.54, 1.807) is 19.5 Å². The summed E-state index contributed by atoms with van der Waals surface area (Å²) in [6, 6.07) is 23.4. The molecule has 2 aromatic heterocycles. The first-order valence-corrected chi connectivity index (χ1v) is 8.84. The van der Waals surface area contributed by atoms with E-state index in [4.69, 9.17) is 9.84 Å². The fourth-order valence-electron chi connectivity index (χ4n) is 2.84. The molecule has 4 rings (SSSR count). The van der Waals surface area contributed by atoms with Gasteiger partial charge in [0.15, 0.2) is 0 Å². The number of ether oxygens (including phenoxy) is 1. The molecule has 0 aliphatic rings. The Morgan fingerprint density at radius 2 is 1.75 bits per heavy atom. The number of anilines is 1. The molecular formula is C22H19N5O. The molecule has 0 unspecified atom stereocenters. The minimum Gasteiger partial charge on any atom is -0.496 e. The Labute approximate surface area is 163 Å². The van der Waals surface area contributed by atoms with E-state index < -0.39 is 0 Å². The van der Waals surface area contributed by atoms with Crippen molar-refractivity contribution < 1.29 is 4.74 Å². The topological polar surface area (TPSA) is 64.3 Å². The number of hydrazone groups is 1. The van der Waals surface area contributed by atoms with Gasteiger partial charge in [0.05, 0.1) is 19.0 Å². The fourth-order valence-corrected chi connectivity index (χ4v) is 2.84. The van der Waals surface area contributed by atoms with Crippen molar-refractivity contribution in [3.63, 3.8) is 0 Å². The normalized spacial score (nSPS) is 10.9. The number of hydrogen-bond acceptors (Lipinski definition) is 5. The van der Waals surface area contributed by atoms with Crippen molar-refractivity contribution in [2.45, 2.75) is 0 Å². The number of hydrogen-bond donors (Lipinski definition) is 1. The molecule has 0 amide bonds. The van der Waals surface area contributed by atoms with Crippen LogP contribution in [-0.2, 0) is 0 Å². The van der Waals surface area contributed by atoms with Crippen molar-refractivity contribution in [3.8, 4) is 22.7 Å². The van der Waals surface area contributed by atoms with E-state index >= 15 is 0 Å². The predicted octanol–water partition coefficient (Wildman–Crippen LogP) is 4.39. The smallest absolute Gasteiger partial charge is 0.146 e. The molecule has 0 spiro atoms. The van der Waals surface area contributed by atoms with Gasteiger partial charge >= 0.3 is 0 Å². The monoisotopic (exact) mass is 369 g/mol. The molecule has 0 aliphatic heterocycles. The largest absolute Gasteiger partial charge is 0.496 e. The summed E-state index contributed by atoms with van der Waals surface area (Å²) in [5, 5.41) is 9.12. The minimum atomic E-state index is 0.674. The highest BCUT2D eigenvalue weighted by Gasteiger charge is 2.14. The summed E-state index contributed by atoms with van der Waals surface area (Å²) in [4.78, 5) is 4.20. The molecule has 0 radical (unpaired) electrons. The summed E-state index contributed by atoms with van der Waals surface area (Å²) in [7, 11) is 1.66. The molecule has 0 fully saturated rings. The predicted molar refractivity (Wildman–Crippen MR) is 111 cm³/mol. The highest BCUT2D eigenvalue weighted by molar-refractivity contribution is 5.90. The van der Waals surface area contributed by atoms with Crippen LogP contribution in [0.1, 0.15) is 5.56 Å². The second-order valence-corrected chi connectivity index (χ2v) is 6.00. The minimum absolute atomic E-state index is 0.674. The Morgan fingerprint density at radius 1 is 0.964 bits per heavy atom. The Balaban J connectivity index is 1.74. The van der Waals surface area contributed by atoms with Gasteiger partial charge in [-0.15, -0.1) is 0 Å². The van der Waals surface area contributed by atoms with E-state index in [1.165, 1.54) is 0 Å². The lowest BCUT2D eigenvalue weighted by Gasteiger charge is -2.06. The zero-order valence-corrected chi connectivity index (χ0v) is 15.4. The molecule has 0 aliphatic carbocycles. The maximum absolute atomic E-state index is 5.52. The summed E-state index contributed by atoms with van der Waals surface area (Å²) < 4.78 is 7.36. The molecule has 6 heteroatoms. The molecule has 6 nitrogen and oxygen atoms in total. The van der Waals surface area contributed by atoms with Crippen LogP contribution in [0.5, 0.6) is 5.75 Å². The second-order valence-electron chi connectivity index (χ2n) is 6.00. The maximum atomic E-state index is 5.52. The third-order valence-corrected chi connectivity index (χ3v) is 4.17. The van der Waals surface area contributed by atoms with Gasteiger partial charge in [-0.3, -0.25) is 5.43 Å². The van der Waals surface area contributed by atoms with Crippen LogP contribution in [-0.4, -0.2) is 28.1 Å². The van der Waals surface area contributed by atoms with Crippen molar-refractivity contribution in [1.29, 1.82) is 0 Å². The van der Waals surface area contributed by atoms with Crippen LogP contribution in [0, 0.1) is 0 Å². The van der Waals surface area contributed by atoms with Crippen LogP contribution < -0.4 is 10.2 Å². The second kappa shape index (κ2) is 8.18. The number of pyridine rings is 1. The number of rotatable bonds is 6. The van der Waals surface area contributed by atoms with Crippen molar-refractivity contribution in [3.05, 3.63) is 90.8 Å². The molecular weight excluding hydrogens is 350 g/mol. The number of nitrogens with one attached hydrogen (secondary N) is 1. The Hall–Kier alpha value is -3.93. The van der Waals surface area contributed by atoms with Crippen LogP contribution in [0.15, 0.2) is 90.3 Å². The Morgan fingerprint density at radius 3 is 2.54 bits per heavy atom. The molecule has 0 saturated heterocycles. The van der Waals surface area contributed by atoms with E-state index in [9.17, 15) is 0 Å². The van der Waals surface area contributed by atoms with Gasteiger partial charge in [-0.2, -0.15) is 10.2 Å². The van der Waals surface area contributed by atoms with Crippen LogP contribution in [0.3, 0.4) is 0 Å². The molecule has 2 aromatic carbocycles. The molecule has 2 heterocycles. The van der Waals surface area contributed by atoms with Crippen molar-refractivity contribution in [2.24, 2.45) is 5.10 Å². The number of aromatic nitrogens is 3. The van der Waals surface area contributed by atoms with Gasteiger partial charge in [0.1, 0.15) is 17.3 Å². The maximum Gasteiger partial charge on any atom is 0.146 e. The highest BCUT2D eigenvalue weighted by Crippen LogP contribution is 2.31. The Bertz CT molecular complexity index is 1070. The fraction of sp³-hybridized carbons (Fsp3) is 0.0455. The van der Waals surface area contributed by atoms with Gasteiger partial charge in [0, 0.05) is 23.5 Å². The van der Waals surface area contributed by atoms with Crippen molar-refractivity contribution in [2.75, 3.05) is 12.5 Å². The summed E-state index contributed by atoms with van der Waals surface area (Å²) in [5.41, 5.74) is 6.45. The lowest BCUT2D eigenvalue weighted by atomic mass is 10.1. The van der Waals surface area contributed by atoms with Gasteiger partial charge in [-0.1, -0.05) is 36.4 Å². The molecule has 138 valence electrons. The van der Waals surface area contributed by atoms with Gasteiger partial charge in [0.2, 0.25) is 0 Å². The zero-order valence-electron chi connectivity index (χ0n) is 15.4. The lowest BCUT2D eigenvalue weighted by molar-refractivity contribution is 0.416. The molecule has 28 heavy (non-hydrogen) atoms. The molecule has 4 aromatic rings. The number of nitrogens with zero attached hydrogens (tertiary/aromatic N) is 4. The van der Waals surface area contributed by atoms with E-state index in [2.05, 4.69) is 15.5 Å². The van der Waals surface area contributed by atoms with Crippen LogP contribution >= 0.6 is 0 Å². The summed E-state index contributed by atoms with van der Waals surface area (Å²) in [6.45, 7) is 0. The van der Waals surface area contributed by atoms with Crippen molar-refractivity contribution >= 4 is 12.0 Å². The third-order valence-electron chi connectivity index (χ3n) is 4.17. The van der Waals surface area contributed by atoms with E-state index in [-0.39, 0.29) is 0 Å². The van der Waals surface area contributed by atoms with Gasteiger partial charge in [-0.05, 0) is 36.4 Å². The zero-order chi connectivity index (χ0) is 19.2. The first-order valence-electron chi connectivity index (χ1n) is 8.84. The number of benzene rings is 2. The summed E-state index contributed by atoms with van der Waals surface area (Å²) in [6.07, 6.45) is 5.40. The molecule has 0 bridgehead atoms. The first-order chi connectivity index (χ1) is 13.8. The number of methoxy groups -OCH3 is 1. The molecule has 0 atom stereocenters. The van der Waals surface area contributed by atoms with E-state index in [0.717, 1.165) is 28.3 Å². The SMILES string of the molecule is COc1ccccc1-c1nn(-c2ccccc2)cc1/C=N\Nc1ccccn1. The van der Waals surface area contributed by atoms with Gasteiger partial charge < -0.3 is 4.74 Å². The third kappa shape index (κ3) is 3.76. The molecule has 1 N–H and O–H groups in total. The van der Waals surface area contributed by atoms with Crippen LogP contribution in [0.25, 0.3) is 16.9 Å². The number of para-hydroxylation sites is 2.